The zero-order chi connectivity index (χ0) is 23.5. The van der Waals surface area contributed by atoms with Gasteiger partial charge in [-0.1, -0.05) is 24.6 Å². The molecule has 32 heavy (non-hydrogen) atoms. The van der Waals surface area contributed by atoms with Crippen LogP contribution in [0.2, 0.25) is 0 Å². The smallest absolute Gasteiger partial charge is 0.358 e. The number of hydrogen-bond donors (Lipinski definition) is 2. The Morgan fingerprint density at radius 2 is 1.97 bits per heavy atom. The first-order valence-corrected chi connectivity index (χ1v) is 10.6. The minimum atomic E-state index is -4.45. The number of aliphatic imine (C=N–C) groups is 1. The van der Waals surface area contributed by atoms with Gasteiger partial charge in [-0.05, 0) is 37.8 Å². The number of benzene rings is 1. The van der Waals surface area contributed by atoms with Gasteiger partial charge in [-0.3, -0.25) is 14.3 Å². The molecule has 1 fully saturated rings. The number of alkyl halides is 3. The number of hydrogen-bond acceptors (Lipinski definition) is 4. The first-order valence-electron chi connectivity index (χ1n) is 10.6. The van der Waals surface area contributed by atoms with E-state index in [9.17, 15) is 22.8 Å². The molecule has 1 atom stereocenters. The highest BCUT2D eigenvalue weighted by atomic mass is 19.4. The maximum Gasteiger partial charge on any atom is 0.416 e. The Kier molecular flexibility index (Phi) is 7.22. The molecule has 2 heterocycles. The molecule has 0 amide bonds. The van der Waals surface area contributed by atoms with Gasteiger partial charge in [0.2, 0.25) is 0 Å². The van der Waals surface area contributed by atoms with Crippen LogP contribution in [0.5, 0.6) is 0 Å². The summed E-state index contributed by atoms with van der Waals surface area (Å²) in [6.45, 7) is 2.72. The molecule has 1 aromatic carbocycles. The summed E-state index contributed by atoms with van der Waals surface area (Å²) in [4.78, 5) is 33.0. The van der Waals surface area contributed by atoms with E-state index in [-0.39, 0.29) is 35.8 Å². The molecule has 2 aromatic rings. The lowest BCUT2D eigenvalue weighted by Crippen LogP contribution is -2.40. The molecule has 1 saturated heterocycles. The molecular weight excluding hydrogens is 423 g/mol. The first-order chi connectivity index (χ1) is 15.1. The summed E-state index contributed by atoms with van der Waals surface area (Å²) in [5.74, 6) is 0.707. The monoisotopic (exact) mass is 451 g/mol. The van der Waals surface area contributed by atoms with Gasteiger partial charge in [0.1, 0.15) is 11.7 Å². The van der Waals surface area contributed by atoms with Crippen molar-refractivity contribution in [2.45, 2.75) is 51.2 Å². The Bertz CT molecular complexity index is 1070. The molecular formula is C22H28F3N5O2. The standard InChI is InChI=1S/C22H28F3N5O2/c1-14-19(29(2)21(32)28-20(14)31)27-18(30-12-6-5-8-16(26)13-30)11-10-15-7-3-4-9-17(15)22(23,24)25/h3-4,7,9,16H,5-6,8,10-13,26H2,1-2H3,(H,28,31,32). The van der Waals surface area contributed by atoms with Crippen molar-refractivity contribution in [2.24, 2.45) is 17.8 Å². The molecule has 1 aromatic heterocycles. The Morgan fingerprint density at radius 1 is 1.25 bits per heavy atom. The van der Waals surface area contributed by atoms with Gasteiger partial charge in [-0.2, -0.15) is 13.2 Å². The van der Waals surface area contributed by atoms with Crippen molar-refractivity contribution < 1.29 is 13.2 Å². The summed E-state index contributed by atoms with van der Waals surface area (Å²) in [7, 11) is 1.49. The van der Waals surface area contributed by atoms with E-state index in [4.69, 9.17) is 5.73 Å². The number of likely N-dealkylation sites (tertiary alicyclic amines) is 1. The molecule has 0 radical (unpaired) electrons. The van der Waals surface area contributed by atoms with Crippen LogP contribution in [-0.2, 0) is 19.6 Å². The van der Waals surface area contributed by atoms with Crippen LogP contribution in [0.15, 0.2) is 38.8 Å². The first kappa shape index (κ1) is 23.8. The number of nitrogens with two attached hydrogens (primary N) is 1. The quantitative estimate of drug-likeness (QED) is 0.552. The minimum Gasteiger partial charge on any atom is -0.358 e. The molecule has 174 valence electrons. The fourth-order valence-electron chi connectivity index (χ4n) is 3.96. The van der Waals surface area contributed by atoms with Gasteiger partial charge in [0.05, 0.1) is 11.1 Å². The van der Waals surface area contributed by atoms with E-state index < -0.39 is 23.0 Å². The van der Waals surface area contributed by atoms with E-state index in [0.717, 1.165) is 25.3 Å². The van der Waals surface area contributed by atoms with E-state index in [2.05, 4.69) is 9.98 Å². The van der Waals surface area contributed by atoms with Crippen LogP contribution in [0.3, 0.4) is 0 Å². The second-order valence-electron chi connectivity index (χ2n) is 8.15. The van der Waals surface area contributed by atoms with E-state index in [0.29, 0.717) is 18.9 Å². The van der Waals surface area contributed by atoms with Gasteiger partial charge in [0.15, 0.2) is 0 Å². The van der Waals surface area contributed by atoms with Crippen LogP contribution in [0.25, 0.3) is 0 Å². The molecule has 1 unspecified atom stereocenters. The molecule has 1 aliphatic rings. The Morgan fingerprint density at radius 3 is 2.69 bits per heavy atom. The van der Waals surface area contributed by atoms with Gasteiger partial charge in [0.25, 0.3) is 5.56 Å². The van der Waals surface area contributed by atoms with Gasteiger partial charge < -0.3 is 10.6 Å². The van der Waals surface area contributed by atoms with Crippen LogP contribution in [-0.4, -0.2) is 39.4 Å². The van der Waals surface area contributed by atoms with Crippen molar-refractivity contribution >= 4 is 11.7 Å². The highest BCUT2D eigenvalue weighted by Crippen LogP contribution is 2.32. The van der Waals surface area contributed by atoms with E-state index in [1.165, 1.54) is 23.7 Å². The van der Waals surface area contributed by atoms with Crippen molar-refractivity contribution in [3.63, 3.8) is 0 Å². The number of nitrogens with zero attached hydrogens (tertiary/aromatic N) is 3. The highest BCUT2D eigenvalue weighted by molar-refractivity contribution is 5.85. The number of aromatic amines is 1. The molecule has 0 spiro atoms. The second-order valence-corrected chi connectivity index (χ2v) is 8.15. The summed E-state index contributed by atoms with van der Waals surface area (Å²) in [6.07, 6.45) is -1.46. The molecule has 0 saturated carbocycles. The zero-order valence-electron chi connectivity index (χ0n) is 18.2. The van der Waals surface area contributed by atoms with Crippen molar-refractivity contribution in [1.82, 2.24) is 14.5 Å². The van der Waals surface area contributed by atoms with Gasteiger partial charge >= 0.3 is 11.9 Å². The van der Waals surface area contributed by atoms with Crippen LogP contribution in [0.1, 0.15) is 42.4 Å². The number of halogens is 3. The van der Waals surface area contributed by atoms with Gasteiger partial charge in [0, 0.05) is 32.6 Å². The summed E-state index contributed by atoms with van der Waals surface area (Å²) >= 11 is 0. The molecule has 0 aliphatic carbocycles. The molecule has 3 N–H and O–H groups in total. The lowest BCUT2D eigenvalue weighted by Gasteiger charge is -2.27. The summed E-state index contributed by atoms with van der Waals surface area (Å²) in [6, 6.07) is 5.38. The number of aryl methyl sites for hydroxylation is 1. The molecule has 1 aliphatic heterocycles. The topological polar surface area (TPSA) is 96.5 Å². The summed E-state index contributed by atoms with van der Waals surface area (Å²) in [5.41, 5.74) is 4.81. The number of aromatic nitrogens is 2. The minimum absolute atomic E-state index is 0.0887. The second kappa shape index (κ2) is 9.72. The van der Waals surface area contributed by atoms with Gasteiger partial charge in [-0.15, -0.1) is 0 Å². The van der Waals surface area contributed by atoms with Crippen molar-refractivity contribution in [3.05, 3.63) is 61.8 Å². The highest BCUT2D eigenvalue weighted by Gasteiger charge is 2.33. The third-order valence-electron chi connectivity index (χ3n) is 5.77. The molecule has 3 rings (SSSR count). The lowest BCUT2D eigenvalue weighted by atomic mass is 10.0. The number of rotatable bonds is 4. The average molecular weight is 451 g/mol. The maximum absolute atomic E-state index is 13.4. The van der Waals surface area contributed by atoms with E-state index in [1.54, 1.807) is 13.0 Å². The third-order valence-corrected chi connectivity index (χ3v) is 5.77. The lowest BCUT2D eigenvalue weighted by molar-refractivity contribution is -0.138. The fourth-order valence-corrected chi connectivity index (χ4v) is 3.96. The Hall–Kier alpha value is -2.88. The zero-order valence-corrected chi connectivity index (χ0v) is 18.2. The van der Waals surface area contributed by atoms with Crippen LogP contribution in [0.4, 0.5) is 19.0 Å². The summed E-state index contributed by atoms with van der Waals surface area (Å²) in [5, 5.41) is 0. The predicted molar refractivity (Wildman–Crippen MR) is 117 cm³/mol. The molecule has 7 nitrogen and oxygen atoms in total. The molecule has 0 bridgehead atoms. The average Bonchev–Trinajstić information content (AvgIpc) is 2.96. The van der Waals surface area contributed by atoms with Crippen molar-refractivity contribution in [1.29, 1.82) is 0 Å². The number of amidine groups is 1. The van der Waals surface area contributed by atoms with Crippen molar-refractivity contribution in [3.8, 4) is 0 Å². The normalized spacial score (nSPS) is 18.0. The van der Waals surface area contributed by atoms with E-state index >= 15 is 0 Å². The van der Waals surface area contributed by atoms with Crippen molar-refractivity contribution in [2.75, 3.05) is 13.1 Å². The Labute approximate surface area is 183 Å². The maximum atomic E-state index is 13.4. The van der Waals surface area contributed by atoms with Gasteiger partial charge in [-0.25, -0.2) is 9.79 Å². The largest absolute Gasteiger partial charge is 0.416 e. The van der Waals surface area contributed by atoms with Crippen LogP contribution in [0, 0.1) is 6.92 Å². The Balaban J connectivity index is 2.03. The van der Waals surface area contributed by atoms with Crippen LogP contribution >= 0.6 is 0 Å². The van der Waals surface area contributed by atoms with Crippen LogP contribution < -0.4 is 17.0 Å². The third kappa shape index (κ3) is 5.48. The fraction of sp³-hybridized carbons (Fsp3) is 0.500. The summed E-state index contributed by atoms with van der Waals surface area (Å²) < 4.78 is 41.6. The number of nitrogens with one attached hydrogen (secondary N) is 1. The molecule has 10 heteroatoms. The predicted octanol–water partition coefficient (Wildman–Crippen LogP) is 2.88. The van der Waals surface area contributed by atoms with E-state index in [1.807, 2.05) is 4.90 Å². The number of H-pyrrole nitrogens is 1. The SMILES string of the molecule is Cc1c(N=C(CCc2ccccc2C(F)(F)F)N2CCCCC(N)C2)n(C)c(=O)[nH]c1=O.